The number of rotatable bonds is 12. The van der Waals surface area contributed by atoms with Gasteiger partial charge in [0.25, 0.3) is 0 Å². The van der Waals surface area contributed by atoms with Gasteiger partial charge >= 0.3 is 0 Å². The van der Waals surface area contributed by atoms with Crippen LogP contribution in [0.2, 0.25) is 18.1 Å². The van der Waals surface area contributed by atoms with E-state index in [1.54, 1.807) is 0 Å². The van der Waals surface area contributed by atoms with Crippen LogP contribution in [0.3, 0.4) is 0 Å². The molecule has 2 radical (unpaired) electrons. The molecule has 0 bridgehead atoms. The van der Waals surface area contributed by atoms with Crippen LogP contribution in [0.4, 0.5) is 0 Å². The Balaban J connectivity index is -0.000000288. The molecule has 0 aliphatic heterocycles. The standard InChI is InChI=1S/C10H23P.C7H17Si.Sc/c1-3-4-5-6-7-8-9-10-11-2;1-4-7-8(5-2)6-3;/h11H,3-10H2,1-2H3;4-7H2,1-3H3;. The zero-order chi connectivity index (χ0) is 14.8. The first kappa shape index (κ1) is 26.4. The molecule has 0 amide bonds. The Labute approximate surface area is 152 Å². The molecule has 0 aliphatic rings. The fourth-order valence-electron chi connectivity index (χ4n) is 2.22. The second-order valence-corrected chi connectivity index (χ2v) is 10.1. The molecule has 0 heterocycles. The Morgan fingerprint density at radius 3 is 1.55 bits per heavy atom. The normalized spacial score (nSPS) is 10.5. The van der Waals surface area contributed by atoms with E-state index in [0.29, 0.717) is 0 Å². The van der Waals surface area contributed by atoms with Crippen molar-refractivity contribution in [2.45, 2.75) is 97.2 Å². The second-order valence-electron chi connectivity index (χ2n) is 5.43. The summed E-state index contributed by atoms with van der Waals surface area (Å²) in [6, 6.07) is 4.46. The van der Waals surface area contributed by atoms with Gasteiger partial charge < -0.3 is 0 Å². The summed E-state index contributed by atoms with van der Waals surface area (Å²) in [5.74, 6) is 0. The van der Waals surface area contributed by atoms with Crippen molar-refractivity contribution in [2.24, 2.45) is 0 Å². The van der Waals surface area contributed by atoms with Gasteiger partial charge in [0.2, 0.25) is 0 Å². The summed E-state index contributed by atoms with van der Waals surface area (Å²) in [7, 11) is 1.30. The molecule has 120 valence electrons. The molecule has 0 nitrogen and oxygen atoms in total. The quantitative estimate of drug-likeness (QED) is 0.203. The van der Waals surface area contributed by atoms with Crippen LogP contribution in [0.1, 0.15) is 79.1 Å². The Morgan fingerprint density at radius 1 is 0.700 bits per heavy atom. The van der Waals surface area contributed by atoms with Crippen LogP contribution in [0.5, 0.6) is 0 Å². The van der Waals surface area contributed by atoms with Crippen molar-refractivity contribution in [2.75, 3.05) is 12.8 Å². The van der Waals surface area contributed by atoms with E-state index in [2.05, 4.69) is 34.4 Å². The van der Waals surface area contributed by atoms with Crippen molar-refractivity contribution in [3.63, 3.8) is 0 Å². The summed E-state index contributed by atoms with van der Waals surface area (Å²) in [5, 5.41) is 0. The number of hydrogen-bond donors (Lipinski definition) is 0. The van der Waals surface area contributed by atoms with Gasteiger partial charge in [-0.25, -0.2) is 0 Å². The van der Waals surface area contributed by atoms with Crippen LogP contribution < -0.4 is 0 Å². The summed E-state index contributed by atoms with van der Waals surface area (Å²) in [6.07, 6.45) is 13.0. The van der Waals surface area contributed by atoms with Gasteiger partial charge in [-0.05, 0) is 19.2 Å². The van der Waals surface area contributed by atoms with Gasteiger partial charge in [0.1, 0.15) is 0 Å². The molecule has 0 aromatic heterocycles. The molecule has 20 heavy (non-hydrogen) atoms. The average molecular weight is 349 g/mol. The molecule has 1 atom stereocenters. The van der Waals surface area contributed by atoms with Crippen molar-refractivity contribution in [3.8, 4) is 0 Å². The number of unbranched alkanes of at least 4 members (excludes halogenated alkanes) is 6. The van der Waals surface area contributed by atoms with Crippen molar-refractivity contribution in [1.29, 1.82) is 0 Å². The Kier molecular flexibility index (Phi) is 33.6. The first-order valence-corrected chi connectivity index (χ1v) is 12.6. The SMILES string of the molecule is CCCCCCCCCPC.CCC[Si](CC)CC.[Sc]. The smallest absolute Gasteiger partial charge is 0.0473 e. The van der Waals surface area contributed by atoms with Gasteiger partial charge in [-0.3, -0.25) is 0 Å². The molecule has 0 aliphatic carbocycles. The Hall–Kier alpha value is 1.52. The molecule has 0 fully saturated rings. The fraction of sp³-hybridized carbons (Fsp3) is 1.00. The maximum Gasteiger partial charge on any atom is 0.0473 e. The van der Waals surface area contributed by atoms with Crippen molar-refractivity contribution in [3.05, 3.63) is 0 Å². The molecule has 0 saturated heterocycles. The first-order chi connectivity index (χ1) is 9.26. The third-order valence-electron chi connectivity index (χ3n) is 3.63. The van der Waals surface area contributed by atoms with Crippen molar-refractivity contribution in [1.82, 2.24) is 0 Å². The summed E-state index contributed by atoms with van der Waals surface area (Å²) in [6.45, 7) is 11.5. The molecular formula is C17H40PScSi. The van der Waals surface area contributed by atoms with Crippen LogP contribution in [-0.2, 0) is 25.8 Å². The molecule has 0 N–H and O–H groups in total. The topological polar surface area (TPSA) is 0 Å². The van der Waals surface area contributed by atoms with Gasteiger partial charge in [0.05, 0.1) is 0 Å². The molecule has 3 heteroatoms. The van der Waals surface area contributed by atoms with Crippen LogP contribution >= 0.6 is 8.58 Å². The largest absolute Gasteiger partial charge is 0.125 e. The van der Waals surface area contributed by atoms with Gasteiger partial charge in [-0.15, -0.1) is 8.58 Å². The summed E-state index contributed by atoms with van der Waals surface area (Å²) in [4.78, 5) is 0. The monoisotopic (exact) mass is 348 g/mol. The van der Waals surface area contributed by atoms with Crippen LogP contribution in [0.25, 0.3) is 0 Å². The van der Waals surface area contributed by atoms with E-state index in [-0.39, 0.29) is 34.6 Å². The zero-order valence-electron chi connectivity index (χ0n) is 15.1. The van der Waals surface area contributed by atoms with Crippen molar-refractivity contribution >= 4 is 17.4 Å². The first-order valence-electron chi connectivity index (χ1n) is 8.74. The minimum absolute atomic E-state index is 0. The molecule has 0 aromatic carbocycles. The second kappa shape index (κ2) is 25.5. The minimum atomic E-state index is 0. The third kappa shape index (κ3) is 24.5. The molecule has 0 rings (SSSR count). The van der Waals surface area contributed by atoms with E-state index in [1.165, 1.54) is 84.2 Å². The predicted molar refractivity (Wildman–Crippen MR) is 98.9 cm³/mol. The van der Waals surface area contributed by atoms with Gasteiger partial charge in [-0.1, -0.05) is 90.8 Å². The van der Waals surface area contributed by atoms with E-state index < -0.39 is 0 Å². The van der Waals surface area contributed by atoms with Crippen LogP contribution in [-0.4, -0.2) is 21.6 Å². The molecule has 0 saturated carbocycles. The Morgan fingerprint density at radius 2 is 1.20 bits per heavy atom. The molecule has 0 spiro atoms. The predicted octanol–water partition coefficient (Wildman–Crippen LogP) is 6.97. The Bertz CT molecular complexity index is 133. The van der Waals surface area contributed by atoms with E-state index in [1.807, 2.05) is 0 Å². The zero-order valence-corrected chi connectivity index (χ0v) is 18.9. The van der Waals surface area contributed by atoms with Crippen LogP contribution in [0.15, 0.2) is 0 Å². The van der Waals surface area contributed by atoms with E-state index in [4.69, 9.17) is 0 Å². The van der Waals surface area contributed by atoms with E-state index in [0.717, 1.165) is 0 Å². The minimum Gasteiger partial charge on any atom is -0.125 e. The average Bonchev–Trinajstić information content (AvgIpc) is 2.44. The summed E-state index contributed by atoms with van der Waals surface area (Å²) < 4.78 is 0. The molecule has 0 aromatic rings. The van der Waals surface area contributed by atoms with Crippen molar-refractivity contribution < 1.29 is 25.8 Å². The molecule has 1 unspecified atom stereocenters. The van der Waals surface area contributed by atoms with Gasteiger partial charge in [0.15, 0.2) is 0 Å². The summed E-state index contributed by atoms with van der Waals surface area (Å²) in [5.41, 5.74) is 0. The van der Waals surface area contributed by atoms with E-state index in [9.17, 15) is 0 Å². The van der Waals surface area contributed by atoms with Gasteiger partial charge in [-0.2, -0.15) is 0 Å². The maximum absolute atomic E-state index is 2.33. The maximum atomic E-state index is 2.33. The van der Waals surface area contributed by atoms with Crippen LogP contribution in [0, 0.1) is 0 Å². The van der Waals surface area contributed by atoms with Gasteiger partial charge in [0, 0.05) is 34.6 Å². The fourth-order valence-corrected chi connectivity index (χ4v) is 4.73. The third-order valence-corrected chi connectivity index (χ3v) is 7.69. The summed E-state index contributed by atoms with van der Waals surface area (Å²) >= 11 is 0. The number of hydrogen-bond acceptors (Lipinski definition) is 0. The molecular weight excluding hydrogens is 308 g/mol. The van der Waals surface area contributed by atoms with E-state index >= 15 is 0 Å².